The van der Waals surface area contributed by atoms with Crippen molar-refractivity contribution in [2.45, 2.75) is 65.7 Å². The average Bonchev–Trinajstić information content (AvgIpc) is 3.19. The predicted molar refractivity (Wildman–Crippen MR) is 79.9 cm³/mol. The maximum Gasteiger partial charge on any atom is 0.221 e. The molecule has 0 unspecified atom stereocenters. The van der Waals surface area contributed by atoms with Gasteiger partial charge in [0.15, 0.2) is 0 Å². The van der Waals surface area contributed by atoms with Gasteiger partial charge in [0.25, 0.3) is 0 Å². The van der Waals surface area contributed by atoms with Crippen LogP contribution in [0.5, 0.6) is 0 Å². The number of primary amides is 1. The van der Waals surface area contributed by atoms with Gasteiger partial charge in [-0.05, 0) is 31.1 Å². The summed E-state index contributed by atoms with van der Waals surface area (Å²) in [4.78, 5) is 24.6. The van der Waals surface area contributed by atoms with Gasteiger partial charge in [0.05, 0.1) is 0 Å². The van der Waals surface area contributed by atoms with Gasteiger partial charge < -0.3 is 5.73 Å². The summed E-state index contributed by atoms with van der Waals surface area (Å²) >= 11 is 0. The van der Waals surface area contributed by atoms with Crippen molar-refractivity contribution in [1.29, 1.82) is 0 Å². The van der Waals surface area contributed by atoms with Gasteiger partial charge in [-0.1, -0.05) is 46.5 Å². The molecular weight excluding hydrogens is 250 g/mol. The minimum Gasteiger partial charge on any atom is -0.369 e. The number of ketones is 1. The molecular formula is C17H29NO2. The zero-order chi connectivity index (χ0) is 14.9. The quantitative estimate of drug-likeness (QED) is 0.741. The van der Waals surface area contributed by atoms with Crippen molar-refractivity contribution >= 4 is 11.7 Å². The minimum atomic E-state index is -0.382. The number of amides is 1. The van der Waals surface area contributed by atoms with E-state index in [1.165, 1.54) is 25.7 Å². The van der Waals surface area contributed by atoms with E-state index in [2.05, 4.69) is 0 Å². The van der Waals surface area contributed by atoms with E-state index < -0.39 is 0 Å². The number of Topliss-reactive ketones (excluding diaryl/α,β-unsaturated/α-hetero) is 1. The fourth-order valence-corrected chi connectivity index (χ4v) is 3.09. The maximum absolute atomic E-state index is 12.7. The molecule has 2 saturated carbocycles. The first-order valence-electron chi connectivity index (χ1n) is 8.12. The minimum absolute atomic E-state index is 0.154. The third kappa shape index (κ3) is 4.32. The highest BCUT2D eigenvalue weighted by molar-refractivity contribution is 5.91. The Morgan fingerprint density at radius 2 is 1.60 bits per heavy atom. The standard InChI is InChI=1S/C17H29NO2/c1-17(2,3)15(19)14(10-12-6-7-12)13(16(18)20)9-8-11-4-5-11/h11-14H,4-10H2,1-3H3,(H2,18,20)/t13-,14+/m0/s1. The highest BCUT2D eigenvalue weighted by Gasteiger charge is 2.41. The molecule has 0 aliphatic heterocycles. The first-order chi connectivity index (χ1) is 9.29. The van der Waals surface area contributed by atoms with Gasteiger partial charge >= 0.3 is 0 Å². The largest absolute Gasteiger partial charge is 0.369 e. The normalized spacial score (nSPS) is 22.4. The lowest BCUT2D eigenvalue weighted by Gasteiger charge is -2.29. The second-order valence-corrected chi connectivity index (χ2v) is 7.93. The lowest BCUT2D eigenvalue weighted by Crippen LogP contribution is -2.39. The van der Waals surface area contributed by atoms with Crippen molar-refractivity contribution in [2.75, 3.05) is 0 Å². The second kappa shape index (κ2) is 5.87. The molecule has 0 aromatic rings. The Bertz CT molecular complexity index is 375. The number of carbonyl (C=O) groups excluding carboxylic acids is 2. The molecule has 2 aliphatic carbocycles. The summed E-state index contributed by atoms with van der Waals surface area (Å²) in [6.45, 7) is 5.86. The summed E-state index contributed by atoms with van der Waals surface area (Å²) in [6, 6.07) is 0. The molecule has 0 bridgehead atoms. The summed E-state index contributed by atoms with van der Waals surface area (Å²) in [5, 5.41) is 0. The molecule has 0 aromatic carbocycles. The van der Waals surface area contributed by atoms with Crippen LogP contribution in [0.15, 0.2) is 0 Å². The number of nitrogens with two attached hydrogens (primary N) is 1. The van der Waals surface area contributed by atoms with Crippen LogP contribution >= 0.6 is 0 Å². The first-order valence-corrected chi connectivity index (χ1v) is 8.12. The second-order valence-electron chi connectivity index (χ2n) is 7.93. The zero-order valence-corrected chi connectivity index (χ0v) is 13.2. The van der Waals surface area contributed by atoms with Crippen LogP contribution < -0.4 is 5.73 Å². The number of hydrogen-bond acceptors (Lipinski definition) is 2. The maximum atomic E-state index is 12.7. The molecule has 2 N–H and O–H groups in total. The van der Waals surface area contributed by atoms with E-state index >= 15 is 0 Å². The molecule has 2 atom stereocenters. The summed E-state index contributed by atoms with van der Waals surface area (Å²) in [5.74, 6) is 0.983. The highest BCUT2D eigenvalue weighted by Crippen LogP contribution is 2.42. The molecule has 0 heterocycles. The fourth-order valence-electron chi connectivity index (χ4n) is 3.09. The van der Waals surface area contributed by atoms with E-state index in [9.17, 15) is 9.59 Å². The molecule has 0 spiro atoms. The number of hydrogen-bond donors (Lipinski definition) is 1. The summed E-state index contributed by atoms with van der Waals surface area (Å²) < 4.78 is 0. The van der Waals surface area contributed by atoms with Crippen molar-refractivity contribution in [1.82, 2.24) is 0 Å². The molecule has 3 nitrogen and oxygen atoms in total. The van der Waals surface area contributed by atoms with Gasteiger partial charge in [0.2, 0.25) is 5.91 Å². The molecule has 2 rings (SSSR count). The summed E-state index contributed by atoms with van der Waals surface area (Å²) in [5.41, 5.74) is 5.25. The Kier molecular flexibility index (Phi) is 4.55. The van der Waals surface area contributed by atoms with Crippen LogP contribution in [-0.4, -0.2) is 11.7 Å². The topological polar surface area (TPSA) is 60.2 Å². The van der Waals surface area contributed by atoms with Crippen LogP contribution in [0.25, 0.3) is 0 Å². The van der Waals surface area contributed by atoms with E-state index in [-0.39, 0.29) is 28.9 Å². The zero-order valence-electron chi connectivity index (χ0n) is 13.2. The molecule has 20 heavy (non-hydrogen) atoms. The van der Waals surface area contributed by atoms with E-state index in [1.807, 2.05) is 20.8 Å². The number of rotatable bonds is 8. The first kappa shape index (κ1) is 15.5. The van der Waals surface area contributed by atoms with Crippen LogP contribution in [0.1, 0.15) is 65.7 Å². The summed E-state index contributed by atoms with van der Waals surface area (Å²) in [7, 11) is 0. The van der Waals surface area contributed by atoms with Gasteiger partial charge in [0.1, 0.15) is 5.78 Å². The Hall–Kier alpha value is -0.860. The van der Waals surface area contributed by atoms with Gasteiger partial charge in [-0.15, -0.1) is 0 Å². The molecule has 0 saturated heterocycles. The molecule has 2 fully saturated rings. The Morgan fingerprint density at radius 3 is 2.00 bits per heavy atom. The van der Waals surface area contributed by atoms with E-state index in [0.29, 0.717) is 5.92 Å². The Labute approximate surface area is 122 Å². The van der Waals surface area contributed by atoms with E-state index in [1.54, 1.807) is 0 Å². The van der Waals surface area contributed by atoms with Gasteiger partial charge in [-0.25, -0.2) is 0 Å². The van der Waals surface area contributed by atoms with Crippen molar-refractivity contribution in [2.24, 2.45) is 34.8 Å². The molecule has 2 aliphatic rings. The Morgan fingerprint density at radius 1 is 1.05 bits per heavy atom. The van der Waals surface area contributed by atoms with Crippen molar-refractivity contribution in [3.63, 3.8) is 0 Å². The average molecular weight is 279 g/mol. The highest BCUT2D eigenvalue weighted by atomic mass is 16.1. The fraction of sp³-hybridized carbons (Fsp3) is 0.882. The van der Waals surface area contributed by atoms with Crippen molar-refractivity contribution in [3.8, 4) is 0 Å². The van der Waals surface area contributed by atoms with Crippen LogP contribution in [-0.2, 0) is 9.59 Å². The van der Waals surface area contributed by atoms with Crippen LogP contribution in [0.2, 0.25) is 0 Å². The van der Waals surface area contributed by atoms with Gasteiger partial charge in [0, 0.05) is 17.3 Å². The predicted octanol–water partition coefficient (Wildman–Crippen LogP) is 3.31. The monoisotopic (exact) mass is 279 g/mol. The SMILES string of the molecule is CC(C)(C)C(=O)[C@H](CC1CC1)[C@H](CCC1CC1)C(N)=O. The molecule has 1 amide bonds. The van der Waals surface area contributed by atoms with Crippen LogP contribution in [0.3, 0.4) is 0 Å². The van der Waals surface area contributed by atoms with Crippen LogP contribution in [0.4, 0.5) is 0 Å². The molecule has 0 aromatic heterocycles. The smallest absolute Gasteiger partial charge is 0.221 e. The third-order valence-electron chi connectivity index (χ3n) is 4.79. The number of carbonyl (C=O) groups is 2. The lowest BCUT2D eigenvalue weighted by molar-refractivity contribution is -0.137. The van der Waals surface area contributed by atoms with Gasteiger partial charge in [-0.3, -0.25) is 9.59 Å². The molecule has 114 valence electrons. The van der Waals surface area contributed by atoms with Gasteiger partial charge in [-0.2, -0.15) is 0 Å². The third-order valence-corrected chi connectivity index (χ3v) is 4.79. The van der Waals surface area contributed by atoms with Crippen LogP contribution in [0, 0.1) is 29.1 Å². The Balaban J connectivity index is 2.07. The van der Waals surface area contributed by atoms with Crippen molar-refractivity contribution < 1.29 is 9.59 Å². The summed E-state index contributed by atoms with van der Waals surface area (Å²) in [6.07, 6.45) is 7.72. The van der Waals surface area contributed by atoms with E-state index in [0.717, 1.165) is 25.2 Å². The molecule has 3 heteroatoms. The molecule has 0 radical (unpaired) electrons. The van der Waals surface area contributed by atoms with Crippen molar-refractivity contribution in [3.05, 3.63) is 0 Å². The van der Waals surface area contributed by atoms with E-state index in [4.69, 9.17) is 5.73 Å². The lowest BCUT2D eigenvalue weighted by atomic mass is 9.73.